The SMILES string of the molecule is O=P(O)(O)F.[Cr].[NaH].[NaH].[V]. The second kappa shape index (κ2) is 13.8. The summed E-state index contributed by atoms with van der Waals surface area (Å²) in [5, 5.41) is 0. The smallest absolute Gasteiger partial charge is 0 e. The second-order valence-corrected chi connectivity index (χ2v) is 1.42. The topological polar surface area (TPSA) is 57.5 Å². The molecule has 2 N–H and O–H groups in total. The third-order valence-corrected chi connectivity index (χ3v) is 0. The predicted octanol–water partition coefficient (Wildman–Crippen LogP) is -1.25. The summed E-state index contributed by atoms with van der Waals surface area (Å²) in [5.74, 6) is 0. The van der Waals surface area contributed by atoms with Gasteiger partial charge in [-0.2, -0.15) is 0 Å². The van der Waals surface area contributed by atoms with Crippen LogP contribution in [-0.2, 0) is 40.5 Å². The molecule has 0 atom stereocenters. The molecule has 0 aromatic rings. The average Bonchev–Trinajstić information content (AvgIpc) is 0.722. The first-order valence-electron chi connectivity index (χ1n) is 0.752. The number of rotatable bonds is 0. The van der Waals surface area contributed by atoms with E-state index < -0.39 is 7.91 Å². The Morgan fingerprint density at radius 1 is 1.22 bits per heavy atom. The van der Waals surface area contributed by atoms with Crippen molar-refractivity contribution in [3.63, 3.8) is 0 Å². The summed E-state index contributed by atoms with van der Waals surface area (Å²) >= 11 is 0. The molecule has 0 spiro atoms. The largest absolute Gasteiger partial charge is 0 e. The summed E-state index contributed by atoms with van der Waals surface area (Å²) in [4.78, 5) is 13.9. The van der Waals surface area contributed by atoms with Crippen LogP contribution in [0.2, 0.25) is 0 Å². The van der Waals surface area contributed by atoms with Crippen LogP contribution < -0.4 is 0 Å². The molecule has 3 nitrogen and oxygen atoms in total. The van der Waals surface area contributed by atoms with E-state index in [0.717, 1.165) is 0 Å². The Balaban J connectivity index is -0.0000000133. The number of hydrogen-bond acceptors (Lipinski definition) is 1. The minimum Gasteiger partial charge on any atom is 0 e. The van der Waals surface area contributed by atoms with Gasteiger partial charge in [-0.15, -0.1) is 4.20 Å². The quantitative estimate of drug-likeness (QED) is 0.417. The zero-order valence-corrected chi connectivity index (χ0v) is 6.55. The summed E-state index contributed by atoms with van der Waals surface area (Å²) in [5.41, 5.74) is 0. The number of hydrogen-bond donors (Lipinski definition) is 2. The van der Waals surface area contributed by atoms with Crippen LogP contribution in [0.4, 0.5) is 4.20 Å². The Morgan fingerprint density at radius 2 is 1.22 bits per heavy atom. The zero-order chi connectivity index (χ0) is 4.50. The van der Waals surface area contributed by atoms with Crippen molar-refractivity contribution in [3.05, 3.63) is 0 Å². The van der Waals surface area contributed by atoms with Gasteiger partial charge in [-0.3, -0.25) is 9.79 Å². The molecule has 0 aromatic carbocycles. The van der Waals surface area contributed by atoms with Crippen LogP contribution in [0.5, 0.6) is 0 Å². The molecule has 0 heterocycles. The minimum atomic E-state index is -5.14. The molecule has 0 aromatic heterocycles. The molecule has 47 valence electrons. The fraction of sp³-hybridized carbons (Fsp3) is 0. The third-order valence-electron chi connectivity index (χ3n) is 0. The van der Waals surface area contributed by atoms with Crippen LogP contribution in [0.25, 0.3) is 0 Å². The van der Waals surface area contributed by atoms with Gasteiger partial charge in [-0.25, -0.2) is 4.57 Å². The first kappa shape index (κ1) is 29.5. The summed E-state index contributed by atoms with van der Waals surface area (Å²) in [6.07, 6.45) is 0. The van der Waals surface area contributed by atoms with Gasteiger partial charge < -0.3 is 0 Å². The molecule has 0 aliphatic heterocycles. The summed E-state index contributed by atoms with van der Waals surface area (Å²) in [6.45, 7) is 0. The molecule has 9 heavy (non-hydrogen) atoms. The van der Waals surface area contributed by atoms with Crippen molar-refractivity contribution in [1.29, 1.82) is 0 Å². The molecule has 0 rings (SSSR count). The van der Waals surface area contributed by atoms with E-state index >= 15 is 0 Å². The van der Waals surface area contributed by atoms with Gasteiger partial charge in [-0.1, -0.05) is 0 Å². The van der Waals surface area contributed by atoms with Crippen LogP contribution in [0.15, 0.2) is 0 Å². The average molecular weight is 251 g/mol. The fourth-order valence-electron chi connectivity index (χ4n) is 0. The zero-order valence-electron chi connectivity index (χ0n) is 2.98. The van der Waals surface area contributed by atoms with Gasteiger partial charge in [0.15, 0.2) is 0 Å². The van der Waals surface area contributed by atoms with Gasteiger partial charge in [0, 0.05) is 35.9 Å². The van der Waals surface area contributed by atoms with E-state index in [1.54, 1.807) is 0 Å². The molecule has 0 fully saturated rings. The van der Waals surface area contributed by atoms with Gasteiger partial charge in [-0.05, 0) is 0 Å². The van der Waals surface area contributed by atoms with Crippen molar-refractivity contribution in [2.45, 2.75) is 0 Å². The van der Waals surface area contributed by atoms with Crippen molar-refractivity contribution >= 4 is 67.0 Å². The van der Waals surface area contributed by atoms with Gasteiger partial charge in [0.2, 0.25) is 0 Å². The molecule has 0 amide bonds. The molecule has 0 unspecified atom stereocenters. The van der Waals surface area contributed by atoms with Gasteiger partial charge in [0.05, 0.1) is 0 Å². The van der Waals surface area contributed by atoms with E-state index in [4.69, 9.17) is 14.4 Å². The Labute approximate surface area is 119 Å². The Kier molecular flexibility index (Phi) is 45.2. The Bertz CT molecular complexity index is 67.9. The normalized spacial score (nSPS) is 6.56. The fourth-order valence-corrected chi connectivity index (χ4v) is 0. The van der Waals surface area contributed by atoms with Crippen molar-refractivity contribution in [2.75, 3.05) is 0 Å². The van der Waals surface area contributed by atoms with Crippen molar-refractivity contribution in [3.8, 4) is 0 Å². The van der Waals surface area contributed by atoms with Crippen LogP contribution in [0.3, 0.4) is 0 Å². The summed E-state index contributed by atoms with van der Waals surface area (Å²) in [7, 11) is -5.14. The van der Waals surface area contributed by atoms with E-state index in [1.165, 1.54) is 0 Å². The van der Waals surface area contributed by atoms with E-state index in [-0.39, 0.29) is 95.0 Å². The predicted molar refractivity (Wildman–Crippen MR) is 27.5 cm³/mol. The molecule has 0 aliphatic carbocycles. The van der Waals surface area contributed by atoms with Crippen molar-refractivity contribution < 1.29 is 54.5 Å². The molecule has 0 bridgehead atoms. The van der Waals surface area contributed by atoms with Crippen molar-refractivity contribution in [1.82, 2.24) is 0 Å². The van der Waals surface area contributed by atoms with E-state index in [2.05, 4.69) is 0 Å². The monoisotopic (exact) mass is 251 g/mol. The van der Waals surface area contributed by atoms with E-state index in [0.29, 0.717) is 0 Å². The van der Waals surface area contributed by atoms with Crippen LogP contribution >= 0.6 is 7.91 Å². The minimum absolute atomic E-state index is 0. The molecule has 9 heteroatoms. The second-order valence-electron chi connectivity index (χ2n) is 0.473. The molecular formula is H4CrFNa2O3PV. The van der Waals surface area contributed by atoms with Gasteiger partial charge >= 0.3 is 67.0 Å². The van der Waals surface area contributed by atoms with Gasteiger partial charge in [0.25, 0.3) is 0 Å². The third kappa shape index (κ3) is 92.7. The molecule has 0 saturated heterocycles. The van der Waals surface area contributed by atoms with Crippen LogP contribution in [0, 0.1) is 0 Å². The van der Waals surface area contributed by atoms with E-state index in [9.17, 15) is 4.20 Å². The number of halogens is 1. The molecule has 1 radical (unpaired) electrons. The molecule has 0 saturated carbocycles. The maximum atomic E-state index is 10.4. The summed E-state index contributed by atoms with van der Waals surface area (Å²) < 4.78 is 19.0. The molecule has 0 aliphatic rings. The Morgan fingerprint density at radius 3 is 1.22 bits per heavy atom. The first-order chi connectivity index (χ1) is 2.00. The van der Waals surface area contributed by atoms with Gasteiger partial charge in [0.1, 0.15) is 0 Å². The Hall–Kier alpha value is 3.20. The first-order valence-corrected chi connectivity index (χ1v) is 2.25. The maximum Gasteiger partial charge on any atom is 0 e. The molecular weight excluding hydrogens is 247 g/mol. The van der Waals surface area contributed by atoms with Crippen molar-refractivity contribution in [2.24, 2.45) is 0 Å². The maximum absolute atomic E-state index is 10.4. The van der Waals surface area contributed by atoms with E-state index in [1.807, 2.05) is 0 Å². The van der Waals surface area contributed by atoms with Crippen LogP contribution in [-0.4, -0.2) is 68.9 Å². The standard InChI is InChI=1S/Cr.FH2O3P.2Na.V.2H/c;1-5(2,3)4;;;;;/h;(H2,2,3,4);;;;;. The van der Waals surface area contributed by atoms with Crippen LogP contribution in [0.1, 0.15) is 0 Å². The summed E-state index contributed by atoms with van der Waals surface area (Å²) in [6, 6.07) is 0.